The molecule has 0 bridgehead atoms. The highest BCUT2D eigenvalue weighted by Gasteiger charge is 2.51. The topological polar surface area (TPSA) is 192 Å². The van der Waals surface area contributed by atoms with E-state index in [4.69, 9.17) is 18.5 Å². The third-order valence-corrected chi connectivity index (χ3v) is 11.2. The second-order valence-electron chi connectivity index (χ2n) is 15.9. The van der Waals surface area contributed by atoms with Crippen LogP contribution in [0.3, 0.4) is 0 Å². The van der Waals surface area contributed by atoms with Gasteiger partial charge in [0.15, 0.2) is 0 Å². The third kappa shape index (κ3) is 30.6. The molecule has 1 rings (SSSR count). The summed E-state index contributed by atoms with van der Waals surface area (Å²) in [6.07, 6.45) is 39.5. The van der Waals surface area contributed by atoms with Gasteiger partial charge in [0.1, 0.15) is 42.7 Å². The number of carbonyl (C=O) groups excluding carboxylic acids is 1. The van der Waals surface area contributed by atoms with Gasteiger partial charge in [0.25, 0.3) is 0 Å². The Hall–Kier alpha value is -2.48. The van der Waals surface area contributed by atoms with Gasteiger partial charge < -0.3 is 39.9 Å². The van der Waals surface area contributed by atoms with E-state index in [0.717, 1.165) is 83.5 Å². The van der Waals surface area contributed by atoms with Crippen molar-refractivity contribution in [1.29, 1.82) is 0 Å². The van der Waals surface area contributed by atoms with Crippen molar-refractivity contribution in [2.45, 2.75) is 198 Å². The highest BCUT2D eigenvalue weighted by Crippen LogP contribution is 2.47. The number of esters is 1. The van der Waals surface area contributed by atoms with Gasteiger partial charge >= 0.3 is 13.8 Å². The van der Waals surface area contributed by atoms with Crippen LogP contribution in [-0.2, 0) is 27.9 Å². The molecule has 12 nitrogen and oxygen atoms in total. The van der Waals surface area contributed by atoms with Crippen molar-refractivity contribution in [3.63, 3.8) is 0 Å². The van der Waals surface area contributed by atoms with E-state index in [2.05, 4.69) is 98.9 Å². The Balaban J connectivity index is 2.45. The molecule has 6 atom stereocenters. The highest BCUT2D eigenvalue weighted by molar-refractivity contribution is 7.47. The van der Waals surface area contributed by atoms with Crippen molar-refractivity contribution >= 4 is 13.8 Å². The summed E-state index contributed by atoms with van der Waals surface area (Å²) in [4.78, 5) is 23.2. The van der Waals surface area contributed by atoms with Crippen LogP contribution in [-0.4, -0.2) is 98.9 Å². The average Bonchev–Trinajstić information content (AvgIpc) is 3.26. The van der Waals surface area contributed by atoms with Crippen molar-refractivity contribution in [3.05, 3.63) is 85.1 Å². The molecule has 6 unspecified atom stereocenters. The number of allylic oxidation sites excluding steroid dienone is 14. The number of phosphoric acid groups is 1. The van der Waals surface area contributed by atoms with Gasteiger partial charge in [-0.05, 0) is 83.5 Å². The first-order chi connectivity index (χ1) is 30.0. The Labute approximate surface area is 373 Å². The molecule has 0 aromatic rings. The highest BCUT2D eigenvalue weighted by atomic mass is 31.2. The molecule has 1 fully saturated rings. The number of ether oxygens (including phenoxy) is 2. The molecule has 0 aliphatic heterocycles. The maximum absolute atomic E-state index is 12.8. The molecule has 0 aromatic heterocycles. The molecule has 356 valence electrons. The predicted octanol–water partition coefficient (Wildman–Crippen LogP) is 9.75. The molecule has 6 N–H and O–H groups in total. The lowest BCUT2D eigenvalue weighted by molar-refractivity contribution is -0.220. The SMILES string of the molecule is CC/C=C\C/C=C\C/C=C\C/C=C\C/C=C\C/C=C\CCCOCC(COP(=O)(O)OC1C(O)C(O)C(O)C(O)C1O)OC(=O)CCCCCCC/C=C\CCCCCCCC. The first-order valence-corrected chi connectivity index (χ1v) is 24.9. The predicted molar refractivity (Wildman–Crippen MR) is 248 cm³/mol. The van der Waals surface area contributed by atoms with Crippen LogP contribution in [0.2, 0.25) is 0 Å². The molecule has 1 saturated carbocycles. The number of hydrogen-bond acceptors (Lipinski definition) is 11. The fraction of sp³-hybridized carbons (Fsp3) is 0.694. The van der Waals surface area contributed by atoms with Gasteiger partial charge in [0.2, 0.25) is 0 Å². The Morgan fingerprint density at radius 2 is 0.952 bits per heavy atom. The normalized spacial score (nSPS) is 22.8. The summed E-state index contributed by atoms with van der Waals surface area (Å²) >= 11 is 0. The van der Waals surface area contributed by atoms with Crippen LogP contribution in [0.25, 0.3) is 0 Å². The third-order valence-electron chi connectivity index (χ3n) is 10.3. The second-order valence-corrected chi connectivity index (χ2v) is 17.3. The quantitative estimate of drug-likeness (QED) is 0.0149. The minimum Gasteiger partial charge on any atom is -0.457 e. The molecular weight excluding hydrogens is 812 g/mol. The van der Waals surface area contributed by atoms with Gasteiger partial charge in [-0.25, -0.2) is 4.57 Å². The molecule has 0 radical (unpaired) electrons. The lowest BCUT2D eigenvalue weighted by Crippen LogP contribution is -2.64. The Bertz CT molecular complexity index is 1340. The Kier molecular flexibility index (Phi) is 36.1. The van der Waals surface area contributed by atoms with Gasteiger partial charge in [-0.2, -0.15) is 0 Å². The lowest BCUT2D eigenvalue weighted by Gasteiger charge is -2.41. The minimum atomic E-state index is -5.04. The molecular formula is C49H83O12P. The van der Waals surface area contributed by atoms with Gasteiger partial charge in [-0.1, -0.05) is 150 Å². The number of aliphatic hydroxyl groups is 5. The van der Waals surface area contributed by atoms with Crippen LogP contribution >= 0.6 is 7.82 Å². The molecule has 0 saturated heterocycles. The number of aliphatic hydroxyl groups excluding tert-OH is 5. The molecule has 0 heterocycles. The minimum absolute atomic E-state index is 0.125. The standard InChI is InChI=1S/C49H83O12P/c1-3-5-7-9-11-13-15-17-19-20-21-22-23-25-27-29-31-33-35-37-39-58-40-42(41-59-62(56,57)61-49-47(54)45(52)44(51)46(53)48(49)55)60-43(50)38-36-34-32-30-28-26-24-18-16-14-12-10-8-6-4-2/h5,7,11,13,17-19,21-22,24-25,27,31,33,42,44-49,51-55H,3-4,6,8-10,12,14-16,20,23,26,28-30,32,34-41H2,1-2H3,(H,56,57)/b7-5-,13-11-,19-17-,22-21-,24-18-,27-25-,33-31-. The summed E-state index contributed by atoms with van der Waals surface area (Å²) in [7, 11) is -5.04. The van der Waals surface area contributed by atoms with Gasteiger partial charge in [0, 0.05) is 13.0 Å². The maximum atomic E-state index is 12.8. The van der Waals surface area contributed by atoms with Crippen LogP contribution in [0.5, 0.6) is 0 Å². The smallest absolute Gasteiger partial charge is 0.457 e. The summed E-state index contributed by atoms with van der Waals surface area (Å²) in [6.45, 7) is 3.97. The van der Waals surface area contributed by atoms with Crippen LogP contribution in [0.1, 0.15) is 155 Å². The number of rotatable bonds is 38. The maximum Gasteiger partial charge on any atom is 0.472 e. The number of phosphoric ester groups is 1. The molecule has 1 aliphatic rings. The van der Waals surface area contributed by atoms with Crippen LogP contribution in [0.4, 0.5) is 0 Å². The molecule has 0 spiro atoms. The van der Waals surface area contributed by atoms with Crippen molar-refractivity contribution in [2.24, 2.45) is 0 Å². The summed E-state index contributed by atoms with van der Waals surface area (Å²) < 4.78 is 34.1. The molecule has 62 heavy (non-hydrogen) atoms. The molecule has 1 aliphatic carbocycles. The number of hydrogen-bond donors (Lipinski definition) is 6. The largest absolute Gasteiger partial charge is 0.472 e. The summed E-state index contributed by atoms with van der Waals surface area (Å²) in [5, 5.41) is 50.2. The van der Waals surface area contributed by atoms with Crippen LogP contribution in [0, 0.1) is 0 Å². The fourth-order valence-corrected chi connectivity index (χ4v) is 7.51. The van der Waals surface area contributed by atoms with Crippen molar-refractivity contribution < 1.29 is 58.3 Å². The second kappa shape index (κ2) is 38.9. The Morgan fingerprint density at radius 1 is 0.532 bits per heavy atom. The lowest BCUT2D eigenvalue weighted by atomic mass is 9.85. The average molecular weight is 895 g/mol. The van der Waals surface area contributed by atoms with E-state index in [1.165, 1.54) is 38.5 Å². The van der Waals surface area contributed by atoms with Crippen molar-refractivity contribution in [1.82, 2.24) is 0 Å². The van der Waals surface area contributed by atoms with E-state index >= 15 is 0 Å². The molecule has 0 aromatic carbocycles. The first kappa shape index (κ1) is 57.5. The Morgan fingerprint density at radius 3 is 1.47 bits per heavy atom. The van der Waals surface area contributed by atoms with Gasteiger partial charge in [-0.15, -0.1) is 0 Å². The van der Waals surface area contributed by atoms with E-state index in [1.54, 1.807) is 0 Å². The van der Waals surface area contributed by atoms with E-state index in [0.29, 0.717) is 19.4 Å². The zero-order chi connectivity index (χ0) is 45.5. The van der Waals surface area contributed by atoms with Gasteiger partial charge in [-0.3, -0.25) is 13.8 Å². The number of unbranched alkanes of at least 4 members (excludes halogenated alkanes) is 12. The van der Waals surface area contributed by atoms with E-state index in [9.17, 15) is 39.8 Å². The fourth-order valence-electron chi connectivity index (χ4n) is 6.54. The molecule has 0 amide bonds. The molecule has 13 heteroatoms. The van der Waals surface area contributed by atoms with Crippen molar-refractivity contribution in [2.75, 3.05) is 19.8 Å². The van der Waals surface area contributed by atoms with Crippen molar-refractivity contribution in [3.8, 4) is 0 Å². The van der Waals surface area contributed by atoms with Crippen LogP contribution in [0.15, 0.2) is 85.1 Å². The zero-order valence-corrected chi connectivity index (χ0v) is 38.8. The summed E-state index contributed by atoms with van der Waals surface area (Å²) in [5.74, 6) is -0.509. The van der Waals surface area contributed by atoms with E-state index in [1.807, 2.05) is 0 Å². The van der Waals surface area contributed by atoms with E-state index < -0.39 is 63.1 Å². The number of carbonyl (C=O) groups is 1. The van der Waals surface area contributed by atoms with Gasteiger partial charge in [0.05, 0.1) is 13.2 Å². The first-order valence-electron chi connectivity index (χ1n) is 23.4. The summed E-state index contributed by atoms with van der Waals surface area (Å²) in [5.41, 5.74) is 0. The monoisotopic (exact) mass is 895 g/mol. The zero-order valence-electron chi connectivity index (χ0n) is 37.9. The van der Waals surface area contributed by atoms with Crippen LogP contribution < -0.4 is 0 Å². The van der Waals surface area contributed by atoms with E-state index in [-0.39, 0.29) is 13.0 Å². The summed E-state index contributed by atoms with van der Waals surface area (Å²) in [6, 6.07) is 0.